The van der Waals surface area contributed by atoms with Crippen LogP contribution in [0.1, 0.15) is 40.8 Å². The number of ether oxygens (including phenoxy) is 1. The van der Waals surface area contributed by atoms with Crippen molar-refractivity contribution >= 4 is 22.9 Å². The van der Waals surface area contributed by atoms with E-state index in [0.29, 0.717) is 13.0 Å². The number of carboxylic acid groups (broad SMARTS) is 1. The summed E-state index contributed by atoms with van der Waals surface area (Å²) in [6, 6.07) is 8.40. The van der Waals surface area contributed by atoms with E-state index in [1.807, 2.05) is 6.07 Å². The third-order valence-corrected chi connectivity index (χ3v) is 5.48. The zero-order chi connectivity index (χ0) is 18.5. The lowest BCUT2D eigenvalue weighted by molar-refractivity contribution is -0.137. The predicted molar refractivity (Wildman–Crippen MR) is 106 cm³/mol. The number of carbonyl (C=O) groups is 1. The van der Waals surface area contributed by atoms with E-state index in [4.69, 9.17) is 9.84 Å². The van der Waals surface area contributed by atoms with Crippen molar-refractivity contribution in [1.29, 1.82) is 0 Å². The van der Waals surface area contributed by atoms with E-state index in [2.05, 4.69) is 48.7 Å². The van der Waals surface area contributed by atoms with Gasteiger partial charge in [-0.05, 0) is 68.1 Å². The molecule has 0 saturated carbocycles. The number of aliphatic carboxylic acids is 1. The summed E-state index contributed by atoms with van der Waals surface area (Å²) < 4.78 is 6.05. The molecule has 0 saturated heterocycles. The molecule has 1 N–H and O–H groups in total. The molecule has 1 aromatic carbocycles. The minimum Gasteiger partial charge on any atom is -0.488 e. The van der Waals surface area contributed by atoms with Gasteiger partial charge in [-0.25, -0.2) is 0 Å². The fourth-order valence-electron chi connectivity index (χ4n) is 3.15. The smallest absolute Gasteiger partial charge is 0.303 e. The van der Waals surface area contributed by atoms with Crippen LogP contribution in [-0.4, -0.2) is 36.6 Å². The van der Waals surface area contributed by atoms with Crippen molar-refractivity contribution in [3.63, 3.8) is 0 Å². The van der Waals surface area contributed by atoms with Gasteiger partial charge in [0.1, 0.15) is 12.4 Å². The molecular weight excluding hydrogens is 346 g/mol. The fraction of sp³-hybridized carbons (Fsp3) is 0.381. The molecule has 1 aliphatic rings. The van der Waals surface area contributed by atoms with E-state index in [1.165, 1.54) is 16.0 Å². The molecule has 0 bridgehead atoms. The molecule has 138 valence electrons. The minimum absolute atomic E-state index is 0.203. The first-order valence-corrected chi connectivity index (χ1v) is 9.82. The lowest BCUT2D eigenvalue weighted by Crippen LogP contribution is -2.12. The Morgan fingerprint density at radius 2 is 2.19 bits per heavy atom. The average molecular weight is 372 g/mol. The topological polar surface area (TPSA) is 49.8 Å². The minimum atomic E-state index is -0.740. The number of fused-ring (bicyclic) bond motifs is 2. The van der Waals surface area contributed by atoms with Gasteiger partial charge < -0.3 is 14.7 Å². The van der Waals surface area contributed by atoms with Crippen LogP contribution in [0.2, 0.25) is 0 Å². The molecule has 5 heteroatoms. The predicted octanol–water partition coefficient (Wildman–Crippen LogP) is 4.43. The van der Waals surface area contributed by atoms with Gasteiger partial charge in [-0.3, -0.25) is 4.79 Å². The number of rotatable bonds is 7. The van der Waals surface area contributed by atoms with Crippen molar-refractivity contribution in [2.24, 2.45) is 0 Å². The average Bonchev–Trinajstić information content (AvgIpc) is 3.00. The van der Waals surface area contributed by atoms with Crippen LogP contribution in [0.4, 0.5) is 0 Å². The van der Waals surface area contributed by atoms with Crippen LogP contribution in [0.25, 0.3) is 5.57 Å². The van der Waals surface area contributed by atoms with Crippen molar-refractivity contribution < 1.29 is 14.6 Å². The van der Waals surface area contributed by atoms with Crippen molar-refractivity contribution in [3.8, 4) is 5.75 Å². The Bertz CT molecular complexity index is 807. The van der Waals surface area contributed by atoms with Crippen LogP contribution in [0.3, 0.4) is 0 Å². The highest BCUT2D eigenvalue weighted by atomic mass is 32.1. The summed E-state index contributed by atoms with van der Waals surface area (Å²) in [5.41, 5.74) is 4.75. The molecule has 0 fully saturated rings. The van der Waals surface area contributed by atoms with Crippen molar-refractivity contribution in [3.05, 3.63) is 57.3 Å². The number of aryl methyl sites for hydroxylation is 1. The van der Waals surface area contributed by atoms with Gasteiger partial charge in [-0.2, -0.15) is 0 Å². The second-order valence-corrected chi connectivity index (χ2v) is 7.77. The Morgan fingerprint density at radius 3 is 2.96 bits per heavy atom. The number of hydrogen-bond donors (Lipinski definition) is 1. The third kappa shape index (κ3) is 4.54. The standard InChI is InChI=1S/C21H25NO3S/c1-22(2)11-4-6-17-18-13-15(5-3-7-20(23)24)8-9-19(18)25-14-16-10-12-26-21(16)17/h6,8-10,12-13H,3-5,7,11,14H2,1-2H3,(H,23,24)/b17-6-. The molecule has 26 heavy (non-hydrogen) atoms. The van der Waals surface area contributed by atoms with Gasteiger partial charge in [0.25, 0.3) is 0 Å². The maximum atomic E-state index is 10.8. The highest BCUT2D eigenvalue weighted by molar-refractivity contribution is 7.11. The molecule has 0 amide bonds. The lowest BCUT2D eigenvalue weighted by Gasteiger charge is -2.13. The molecule has 1 aliphatic heterocycles. The Balaban J connectivity index is 1.92. The number of hydrogen-bond acceptors (Lipinski definition) is 4. The van der Waals surface area contributed by atoms with Crippen molar-refractivity contribution in [2.75, 3.05) is 20.6 Å². The SMILES string of the molecule is CN(C)CC/C=C1/c2cc(CCCC(=O)O)ccc2OCc2ccsc21. The van der Waals surface area contributed by atoms with Crippen molar-refractivity contribution in [2.45, 2.75) is 32.3 Å². The molecular formula is C21H25NO3S. The van der Waals surface area contributed by atoms with E-state index < -0.39 is 5.97 Å². The molecule has 4 nitrogen and oxygen atoms in total. The van der Waals surface area contributed by atoms with Gasteiger partial charge in [-0.1, -0.05) is 12.1 Å². The van der Waals surface area contributed by atoms with Crippen molar-refractivity contribution in [1.82, 2.24) is 4.90 Å². The summed E-state index contributed by atoms with van der Waals surface area (Å²) in [5.74, 6) is 0.169. The van der Waals surface area contributed by atoms with E-state index >= 15 is 0 Å². The molecule has 0 unspecified atom stereocenters. The van der Waals surface area contributed by atoms with E-state index in [0.717, 1.165) is 36.3 Å². The fourth-order valence-corrected chi connectivity index (χ4v) is 4.11. The van der Waals surface area contributed by atoms with Gasteiger partial charge >= 0.3 is 5.97 Å². The maximum absolute atomic E-state index is 10.8. The normalized spacial score (nSPS) is 14.7. The molecule has 2 aromatic rings. The number of thiophene rings is 1. The quantitative estimate of drug-likeness (QED) is 0.782. The highest BCUT2D eigenvalue weighted by Crippen LogP contribution is 2.40. The van der Waals surface area contributed by atoms with E-state index in [9.17, 15) is 4.79 Å². The van der Waals surface area contributed by atoms with Gasteiger partial charge in [0.2, 0.25) is 0 Å². The maximum Gasteiger partial charge on any atom is 0.303 e. The van der Waals surface area contributed by atoms with Crippen LogP contribution < -0.4 is 4.74 Å². The molecule has 0 radical (unpaired) electrons. The van der Waals surface area contributed by atoms with Gasteiger partial charge in [0.15, 0.2) is 0 Å². The summed E-state index contributed by atoms with van der Waals surface area (Å²) in [4.78, 5) is 14.2. The van der Waals surface area contributed by atoms with Crippen LogP contribution in [0.15, 0.2) is 35.7 Å². The Kier molecular flexibility index (Phi) is 6.12. The summed E-state index contributed by atoms with van der Waals surface area (Å²) in [7, 11) is 4.17. The van der Waals surface area contributed by atoms with Crippen LogP contribution in [0.5, 0.6) is 5.75 Å². The van der Waals surface area contributed by atoms with Crippen LogP contribution in [0, 0.1) is 0 Å². The number of carboxylic acids is 1. The first-order chi connectivity index (χ1) is 12.5. The number of benzene rings is 1. The summed E-state index contributed by atoms with van der Waals surface area (Å²) in [6.07, 6.45) is 4.90. The lowest BCUT2D eigenvalue weighted by atomic mass is 9.97. The third-order valence-electron chi connectivity index (χ3n) is 4.49. The second-order valence-electron chi connectivity index (χ2n) is 6.85. The Morgan fingerprint density at radius 1 is 1.35 bits per heavy atom. The Hall–Kier alpha value is -2.11. The second kappa shape index (κ2) is 8.52. The van der Waals surface area contributed by atoms with Crippen LogP contribution in [-0.2, 0) is 17.8 Å². The van der Waals surface area contributed by atoms with Crippen LogP contribution >= 0.6 is 11.3 Å². The first kappa shape index (κ1) is 18.7. The molecule has 0 aliphatic carbocycles. The highest BCUT2D eigenvalue weighted by Gasteiger charge is 2.20. The van der Waals surface area contributed by atoms with E-state index in [-0.39, 0.29) is 6.42 Å². The van der Waals surface area contributed by atoms with Gasteiger partial charge in [0, 0.05) is 29.0 Å². The van der Waals surface area contributed by atoms with Gasteiger partial charge in [-0.15, -0.1) is 11.3 Å². The zero-order valence-corrected chi connectivity index (χ0v) is 16.1. The summed E-state index contributed by atoms with van der Waals surface area (Å²) in [6.45, 7) is 1.59. The molecule has 3 rings (SSSR count). The Labute approximate surface area is 158 Å². The zero-order valence-electron chi connectivity index (χ0n) is 15.3. The molecule has 2 heterocycles. The summed E-state index contributed by atoms with van der Waals surface area (Å²) >= 11 is 1.76. The molecule has 0 spiro atoms. The van der Waals surface area contributed by atoms with E-state index in [1.54, 1.807) is 11.3 Å². The number of nitrogens with zero attached hydrogens (tertiary/aromatic N) is 1. The molecule has 0 atom stereocenters. The van der Waals surface area contributed by atoms with Gasteiger partial charge in [0.05, 0.1) is 0 Å². The largest absolute Gasteiger partial charge is 0.488 e. The monoisotopic (exact) mass is 371 g/mol. The molecule has 1 aromatic heterocycles. The first-order valence-electron chi connectivity index (χ1n) is 8.94. The summed E-state index contributed by atoms with van der Waals surface area (Å²) in [5, 5.41) is 11.0.